The highest BCUT2D eigenvalue weighted by atomic mass is 16.5. The Kier molecular flexibility index (Phi) is 6.71. The summed E-state index contributed by atoms with van der Waals surface area (Å²) in [4.78, 5) is 16.1. The highest BCUT2D eigenvalue weighted by molar-refractivity contribution is 5.92. The molecule has 0 aliphatic heterocycles. The molecule has 5 nitrogen and oxygen atoms in total. The average molecular weight is 276 g/mol. The molecule has 0 fully saturated rings. The van der Waals surface area contributed by atoms with E-state index in [9.17, 15) is 4.79 Å². The van der Waals surface area contributed by atoms with E-state index in [1.165, 1.54) is 6.20 Å². The Morgan fingerprint density at radius 3 is 2.75 bits per heavy atom. The van der Waals surface area contributed by atoms with Crippen molar-refractivity contribution in [2.45, 2.75) is 19.9 Å². The minimum absolute atomic E-state index is 0.0526. The first kappa shape index (κ1) is 16.2. The lowest BCUT2D eigenvalue weighted by Gasteiger charge is -2.21. The van der Waals surface area contributed by atoms with Gasteiger partial charge in [0.2, 0.25) is 0 Å². The average Bonchev–Trinajstić information content (AvgIpc) is 2.45. The van der Waals surface area contributed by atoms with Gasteiger partial charge >= 0.3 is 0 Å². The van der Waals surface area contributed by atoms with Crippen LogP contribution in [0.2, 0.25) is 0 Å². The molecule has 1 rings (SSSR count). The largest absolute Gasteiger partial charge is 0.384 e. The molecule has 5 heteroatoms. The van der Waals surface area contributed by atoms with E-state index in [0.29, 0.717) is 17.9 Å². The molecule has 20 heavy (non-hydrogen) atoms. The van der Waals surface area contributed by atoms with Gasteiger partial charge in [-0.25, -0.2) is 4.98 Å². The molecule has 108 valence electrons. The second kappa shape index (κ2) is 8.31. The molecule has 0 aliphatic carbocycles. The van der Waals surface area contributed by atoms with E-state index in [-0.39, 0.29) is 24.5 Å². The van der Waals surface area contributed by atoms with Crippen LogP contribution in [0.15, 0.2) is 18.3 Å². The maximum atomic E-state index is 12.1. The third kappa shape index (κ3) is 5.00. The predicted octanol–water partition coefficient (Wildman–Crippen LogP) is 0.826. The van der Waals surface area contributed by atoms with E-state index in [4.69, 9.17) is 9.84 Å². The highest BCUT2D eigenvalue weighted by Crippen LogP contribution is 2.04. The quantitative estimate of drug-likeness (QED) is 0.781. The first-order chi connectivity index (χ1) is 9.58. The fourth-order valence-corrected chi connectivity index (χ4v) is 1.57. The van der Waals surface area contributed by atoms with Crippen molar-refractivity contribution in [3.05, 3.63) is 29.6 Å². The van der Waals surface area contributed by atoms with Crippen molar-refractivity contribution >= 4 is 5.91 Å². The van der Waals surface area contributed by atoms with Crippen LogP contribution in [0, 0.1) is 17.8 Å². The molecule has 0 aliphatic rings. The summed E-state index contributed by atoms with van der Waals surface area (Å²) in [6.45, 7) is 4.30. The molecule has 0 spiro atoms. The number of methoxy groups -OCH3 is 1. The van der Waals surface area contributed by atoms with Crippen molar-refractivity contribution in [2.24, 2.45) is 5.92 Å². The fourth-order valence-electron chi connectivity index (χ4n) is 1.57. The number of pyridine rings is 1. The molecule has 2 N–H and O–H groups in total. The number of amides is 1. The maximum absolute atomic E-state index is 12.1. The van der Waals surface area contributed by atoms with E-state index in [1.807, 2.05) is 13.8 Å². The maximum Gasteiger partial charge on any atom is 0.270 e. The van der Waals surface area contributed by atoms with Crippen LogP contribution in [0.1, 0.15) is 29.9 Å². The Bertz CT molecular complexity index is 486. The standard InChI is InChI=1S/C15H20N2O3/c1-11(2)14(10-20-3)17-15(19)13-7-6-12(9-16-13)5-4-8-18/h6-7,9,11,14,18H,8,10H2,1-3H3,(H,17,19). The van der Waals surface area contributed by atoms with Gasteiger partial charge in [-0.2, -0.15) is 0 Å². The lowest BCUT2D eigenvalue weighted by atomic mass is 10.1. The van der Waals surface area contributed by atoms with Crippen molar-refractivity contribution in [3.63, 3.8) is 0 Å². The monoisotopic (exact) mass is 276 g/mol. The van der Waals surface area contributed by atoms with Crippen LogP contribution >= 0.6 is 0 Å². The summed E-state index contributed by atoms with van der Waals surface area (Å²) in [6.07, 6.45) is 1.51. The summed E-state index contributed by atoms with van der Waals surface area (Å²) >= 11 is 0. The molecule has 0 saturated heterocycles. The third-order valence-corrected chi connectivity index (χ3v) is 2.78. The number of aliphatic hydroxyl groups excluding tert-OH is 1. The lowest BCUT2D eigenvalue weighted by molar-refractivity contribution is 0.0862. The van der Waals surface area contributed by atoms with Gasteiger partial charge in [0.15, 0.2) is 0 Å². The zero-order valence-electron chi connectivity index (χ0n) is 12.0. The summed E-state index contributed by atoms with van der Waals surface area (Å²) in [5, 5.41) is 11.5. The van der Waals surface area contributed by atoms with Crippen LogP contribution in [0.5, 0.6) is 0 Å². The molecule has 0 aromatic carbocycles. The Morgan fingerprint density at radius 2 is 2.25 bits per heavy atom. The number of nitrogens with zero attached hydrogens (tertiary/aromatic N) is 1. The lowest BCUT2D eigenvalue weighted by Crippen LogP contribution is -2.41. The minimum atomic E-state index is -0.234. The molecular formula is C15H20N2O3. The van der Waals surface area contributed by atoms with Gasteiger partial charge in [0, 0.05) is 18.9 Å². The Balaban J connectivity index is 2.72. The van der Waals surface area contributed by atoms with Crippen molar-refractivity contribution < 1.29 is 14.6 Å². The molecule has 0 bridgehead atoms. The molecule has 1 atom stereocenters. The number of carbonyl (C=O) groups is 1. The second-order valence-electron chi connectivity index (χ2n) is 4.67. The van der Waals surface area contributed by atoms with E-state index >= 15 is 0 Å². The SMILES string of the molecule is COCC(NC(=O)c1ccc(C#CCO)cn1)C(C)C. The van der Waals surface area contributed by atoms with Crippen LogP contribution in [0.3, 0.4) is 0 Å². The first-order valence-electron chi connectivity index (χ1n) is 6.44. The van der Waals surface area contributed by atoms with E-state index < -0.39 is 0 Å². The molecule has 1 aromatic rings. The summed E-state index contributed by atoms with van der Waals surface area (Å²) in [7, 11) is 1.61. The highest BCUT2D eigenvalue weighted by Gasteiger charge is 2.17. The number of rotatable bonds is 5. The summed E-state index contributed by atoms with van der Waals surface area (Å²) in [6, 6.07) is 3.26. The Hall–Kier alpha value is -1.90. The zero-order valence-corrected chi connectivity index (χ0v) is 12.0. The normalized spacial score (nSPS) is 11.7. The Morgan fingerprint density at radius 1 is 1.50 bits per heavy atom. The van der Waals surface area contributed by atoms with Crippen LogP contribution in [-0.4, -0.2) is 42.4 Å². The zero-order chi connectivity index (χ0) is 15.0. The van der Waals surface area contributed by atoms with Crippen LogP contribution in [0.25, 0.3) is 0 Å². The fraction of sp³-hybridized carbons (Fsp3) is 0.467. The van der Waals surface area contributed by atoms with Crippen molar-refractivity contribution in [1.29, 1.82) is 0 Å². The van der Waals surface area contributed by atoms with Gasteiger partial charge < -0.3 is 15.2 Å². The smallest absolute Gasteiger partial charge is 0.270 e. The molecule has 1 amide bonds. The van der Waals surface area contributed by atoms with Gasteiger partial charge in [0.25, 0.3) is 5.91 Å². The molecule has 0 saturated carbocycles. The topological polar surface area (TPSA) is 71.5 Å². The second-order valence-corrected chi connectivity index (χ2v) is 4.67. The van der Waals surface area contributed by atoms with Crippen molar-refractivity contribution in [3.8, 4) is 11.8 Å². The van der Waals surface area contributed by atoms with Gasteiger partial charge in [-0.15, -0.1) is 0 Å². The van der Waals surface area contributed by atoms with Crippen LogP contribution in [0.4, 0.5) is 0 Å². The van der Waals surface area contributed by atoms with Crippen LogP contribution in [-0.2, 0) is 4.74 Å². The molecule has 1 unspecified atom stereocenters. The number of hydrogen-bond donors (Lipinski definition) is 2. The first-order valence-corrected chi connectivity index (χ1v) is 6.44. The number of hydrogen-bond acceptors (Lipinski definition) is 4. The number of ether oxygens (including phenoxy) is 1. The molecule has 0 radical (unpaired) electrons. The van der Waals surface area contributed by atoms with Crippen molar-refractivity contribution in [2.75, 3.05) is 20.3 Å². The Labute approximate surface area is 119 Å². The van der Waals surface area contributed by atoms with E-state index in [0.717, 1.165) is 0 Å². The van der Waals surface area contributed by atoms with Gasteiger partial charge in [0.05, 0.1) is 12.6 Å². The number of aromatic nitrogens is 1. The third-order valence-electron chi connectivity index (χ3n) is 2.78. The van der Waals surface area contributed by atoms with Crippen molar-refractivity contribution in [1.82, 2.24) is 10.3 Å². The minimum Gasteiger partial charge on any atom is -0.384 e. The predicted molar refractivity (Wildman–Crippen MR) is 76.2 cm³/mol. The number of nitrogens with one attached hydrogen (secondary N) is 1. The number of aliphatic hydroxyl groups is 1. The van der Waals surface area contributed by atoms with Gasteiger partial charge in [0.1, 0.15) is 12.3 Å². The molecule has 1 heterocycles. The molecular weight excluding hydrogens is 256 g/mol. The molecule has 1 aromatic heterocycles. The summed E-state index contributed by atoms with van der Waals surface area (Å²) in [5.41, 5.74) is 0.995. The number of carbonyl (C=O) groups excluding carboxylic acids is 1. The van der Waals surface area contributed by atoms with Crippen LogP contribution < -0.4 is 5.32 Å². The van der Waals surface area contributed by atoms with Gasteiger partial charge in [-0.05, 0) is 18.1 Å². The van der Waals surface area contributed by atoms with Gasteiger partial charge in [-0.3, -0.25) is 4.79 Å². The van der Waals surface area contributed by atoms with E-state index in [1.54, 1.807) is 19.2 Å². The summed E-state index contributed by atoms with van der Waals surface area (Å²) < 4.78 is 5.09. The van der Waals surface area contributed by atoms with E-state index in [2.05, 4.69) is 22.1 Å². The van der Waals surface area contributed by atoms with Gasteiger partial charge in [-0.1, -0.05) is 25.7 Å². The summed E-state index contributed by atoms with van der Waals surface area (Å²) in [5.74, 6) is 5.29.